The fourth-order valence-corrected chi connectivity index (χ4v) is 2.30. The Kier molecular flexibility index (Phi) is 3.78. The largest absolute Gasteiger partial charge is 0.497 e. The molecular weight excluding hydrogens is 232 g/mol. The van der Waals surface area contributed by atoms with Gasteiger partial charge in [-0.05, 0) is 19.1 Å². The lowest BCUT2D eigenvalue weighted by molar-refractivity contribution is -0.0203. The summed E-state index contributed by atoms with van der Waals surface area (Å²) >= 11 is 0. The predicted octanol–water partition coefficient (Wildman–Crippen LogP) is 2.31. The lowest BCUT2D eigenvalue weighted by Gasteiger charge is -2.38. The third kappa shape index (κ3) is 2.60. The number of ether oxygens (including phenoxy) is 3. The van der Waals surface area contributed by atoms with Crippen LogP contribution in [0.2, 0.25) is 0 Å². The van der Waals surface area contributed by atoms with E-state index in [-0.39, 0.29) is 0 Å². The summed E-state index contributed by atoms with van der Waals surface area (Å²) in [4.78, 5) is 0. The van der Waals surface area contributed by atoms with Gasteiger partial charge >= 0.3 is 0 Å². The zero-order chi connectivity index (χ0) is 13.2. The average Bonchev–Trinajstić information content (AvgIpc) is 2.35. The van der Waals surface area contributed by atoms with E-state index in [2.05, 4.69) is 0 Å². The highest BCUT2D eigenvalue weighted by atomic mass is 16.5. The first-order valence-electron chi connectivity index (χ1n) is 6.12. The van der Waals surface area contributed by atoms with Crippen LogP contribution in [-0.4, -0.2) is 31.5 Å². The lowest BCUT2D eigenvalue weighted by atomic mass is 9.88. The lowest BCUT2D eigenvalue weighted by Crippen LogP contribution is -2.39. The normalized spacial score (nSPS) is 26.3. The molecule has 4 heteroatoms. The minimum Gasteiger partial charge on any atom is -0.497 e. The van der Waals surface area contributed by atoms with Crippen LogP contribution in [0.5, 0.6) is 11.5 Å². The Morgan fingerprint density at radius 1 is 1.44 bits per heavy atom. The molecule has 0 spiro atoms. The monoisotopic (exact) mass is 252 g/mol. The van der Waals surface area contributed by atoms with Gasteiger partial charge in [0.2, 0.25) is 0 Å². The van der Waals surface area contributed by atoms with Crippen molar-refractivity contribution >= 4 is 0 Å². The van der Waals surface area contributed by atoms with Gasteiger partial charge in [0.05, 0.1) is 13.2 Å². The summed E-state index contributed by atoms with van der Waals surface area (Å²) in [6.45, 7) is 2.61. The fraction of sp³-hybridized carbons (Fsp3) is 0.571. The van der Waals surface area contributed by atoms with Gasteiger partial charge in [-0.2, -0.15) is 0 Å². The van der Waals surface area contributed by atoms with Gasteiger partial charge in [-0.3, -0.25) is 0 Å². The van der Waals surface area contributed by atoms with E-state index >= 15 is 0 Å². The minimum atomic E-state index is -0.499. The quantitative estimate of drug-likeness (QED) is 0.893. The van der Waals surface area contributed by atoms with Crippen LogP contribution in [0.1, 0.15) is 31.4 Å². The van der Waals surface area contributed by atoms with Crippen LogP contribution in [0.3, 0.4) is 0 Å². The van der Waals surface area contributed by atoms with Crippen molar-refractivity contribution in [2.24, 2.45) is 0 Å². The van der Waals surface area contributed by atoms with Gasteiger partial charge in [0.25, 0.3) is 0 Å². The zero-order valence-corrected chi connectivity index (χ0v) is 11.1. The summed E-state index contributed by atoms with van der Waals surface area (Å²) in [6.07, 6.45) is 0.828. The van der Waals surface area contributed by atoms with E-state index < -0.39 is 11.7 Å². The Morgan fingerprint density at radius 3 is 2.89 bits per heavy atom. The molecule has 0 bridgehead atoms. The Morgan fingerprint density at radius 2 is 2.22 bits per heavy atom. The molecule has 0 aliphatic carbocycles. The van der Waals surface area contributed by atoms with Gasteiger partial charge in [-0.1, -0.05) is 0 Å². The second-order valence-electron chi connectivity index (χ2n) is 4.92. The highest BCUT2D eigenvalue weighted by molar-refractivity contribution is 5.43. The van der Waals surface area contributed by atoms with Crippen molar-refractivity contribution in [3.63, 3.8) is 0 Å². The number of fused-ring (bicyclic) bond motifs is 1. The van der Waals surface area contributed by atoms with Crippen LogP contribution in [0, 0.1) is 0 Å². The Hall–Kier alpha value is -1.26. The first-order chi connectivity index (χ1) is 8.58. The zero-order valence-electron chi connectivity index (χ0n) is 11.1. The van der Waals surface area contributed by atoms with Crippen molar-refractivity contribution in [2.45, 2.75) is 31.5 Å². The van der Waals surface area contributed by atoms with E-state index in [1.807, 2.05) is 25.1 Å². The molecule has 0 saturated heterocycles. The summed E-state index contributed by atoms with van der Waals surface area (Å²) in [5.41, 5.74) is 0.431. The summed E-state index contributed by atoms with van der Waals surface area (Å²) in [7, 11) is 3.28. The highest BCUT2D eigenvalue weighted by Gasteiger charge is 2.36. The summed E-state index contributed by atoms with van der Waals surface area (Å²) in [5.74, 6) is 1.43. The van der Waals surface area contributed by atoms with Crippen LogP contribution in [0.15, 0.2) is 18.2 Å². The van der Waals surface area contributed by atoms with E-state index in [4.69, 9.17) is 14.2 Å². The van der Waals surface area contributed by atoms with Crippen LogP contribution in [0.4, 0.5) is 0 Å². The number of hydrogen-bond donors (Lipinski definition) is 1. The molecular formula is C14H20O4. The number of methoxy groups -OCH3 is 2. The molecule has 100 valence electrons. The Balaban J connectivity index is 2.25. The van der Waals surface area contributed by atoms with Crippen LogP contribution in [-0.2, 0) is 4.74 Å². The number of aliphatic hydroxyl groups is 1. The SMILES string of the molecule is COCCC1(C)CC(O)c2ccc(OC)cc2O1. The van der Waals surface area contributed by atoms with Gasteiger partial charge in [0.1, 0.15) is 17.1 Å². The molecule has 2 atom stereocenters. The van der Waals surface area contributed by atoms with Crippen molar-refractivity contribution in [1.82, 2.24) is 0 Å². The maximum atomic E-state index is 10.2. The maximum Gasteiger partial charge on any atom is 0.129 e. The maximum absolute atomic E-state index is 10.2. The van der Waals surface area contributed by atoms with Crippen molar-refractivity contribution < 1.29 is 19.3 Å². The van der Waals surface area contributed by atoms with E-state index in [0.29, 0.717) is 18.8 Å². The standard InChI is InChI=1S/C14H20O4/c1-14(6-7-16-2)9-12(15)11-5-4-10(17-3)8-13(11)18-14/h4-5,8,12,15H,6-7,9H2,1-3H3. The third-order valence-electron chi connectivity index (χ3n) is 3.40. The molecule has 1 aliphatic heterocycles. The molecule has 0 fully saturated rings. The summed E-state index contributed by atoms with van der Waals surface area (Å²) in [6, 6.07) is 5.51. The molecule has 1 heterocycles. The fourth-order valence-electron chi connectivity index (χ4n) is 2.30. The van der Waals surface area contributed by atoms with Crippen LogP contribution < -0.4 is 9.47 Å². The minimum absolute atomic E-state index is 0.394. The van der Waals surface area contributed by atoms with E-state index in [1.165, 1.54) is 0 Å². The van der Waals surface area contributed by atoms with Crippen molar-refractivity contribution in [3.05, 3.63) is 23.8 Å². The molecule has 1 aromatic carbocycles. The van der Waals surface area contributed by atoms with Crippen LogP contribution in [0.25, 0.3) is 0 Å². The van der Waals surface area contributed by atoms with Gasteiger partial charge in [-0.25, -0.2) is 0 Å². The van der Waals surface area contributed by atoms with Crippen molar-refractivity contribution in [3.8, 4) is 11.5 Å². The number of aliphatic hydroxyl groups excluding tert-OH is 1. The first kappa shape index (κ1) is 13.2. The second-order valence-corrected chi connectivity index (χ2v) is 4.92. The number of rotatable bonds is 4. The van der Waals surface area contributed by atoms with E-state index in [9.17, 15) is 5.11 Å². The van der Waals surface area contributed by atoms with Crippen molar-refractivity contribution in [2.75, 3.05) is 20.8 Å². The number of hydrogen-bond acceptors (Lipinski definition) is 4. The van der Waals surface area contributed by atoms with Crippen molar-refractivity contribution in [1.29, 1.82) is 0 Å². The molecule has 0 amide bonds. The molecule has 2 unspecified atom stereocenters. The Labute approximate surface area is 107 Å². The molecule has 1 aromatic rings. The molecule has 2 rings (SSSR count). The number of benzene rings is 1. The molecule has 0 aromatic heterocycles. The van der Waals surface area contributed by atoms with Crippen LogP contribution >= 0.6 is 0 Å². The molecule has 0 saturated carbocycles. The second kappa shape index (κ2) is 5.16. The Bertz CT molecular complexity index is 418. The molecule has 18 heavy (non-hydrogen) atoms. The van der Waals surface area contributed by atoms with Gasteiger partial charge in [0.15, 0.2) is 0 Å². The van der Waals surface area contributed by atoms with Gasteiger partial charge < -0.3 is 19.3 Å². The molecule has 1 aliphatic rings. The van der Waals surface area contributed by atoms with Gasteiger partial charge in [0, 0.05) is 38.2 Å². The van der Waals surface area contributed by atoms with E-state index in [1.54, 1.807) is 14.2 Å². The highest BCUT2D eigenvalue weighted by Crippen LogP contribution is 2.42. The average molecular weight is 252 g/mol. The molecule has 4 nitrogen and oxygen atoms in total. The van der Waals surface area contributed by atoms with E-state index in [0.717, 1.165) is 17.7 Å². The topological polar surface area (TPSA) is 47.9 Å². The first-order valence-corrected chi connectivity index (χ1v) is 6.12. The smallest absolute Gasteiger partial charge is 0.129 e. The predicted molar refractivity (Wildman–Crippen MR) is 68.1 cm³/mol. The third-order valence-corrected chi connectivity index (χ3v) is 3.40. The molecule has 0 radical (unpaired) electrons. The van der Waals surface area contributed by atoms with Gasteiger partial charge in [-0.15, -0.1) is 0 Å². The molecule has 1 N–H and O–H groups in total. The summed E-state index contributed by atoms with van der Waals surface area (Å²) in [5, 5.41) is 10.2. The summed E-state index contributed by atoms with van der Waals surface area (Å²) < 4.78 is 16.3.